The third-order valence-corrected chi connectivity index (χ3v) is 5.26. The molecule has 0 saturated heterocycles. The van der Waals surface area contributed by atoms with Crippen molar-refractivity contribution in [1.82, 2.24) is 4.72 Å². The van der Waals surface area contributed by atoms with E-state index in [1.54, 1.807) is 6.92 Å². The predicted molar refractivity (Wildman–Crippen MR) is 83.5 cm³/mol. The van der Waals surface area contributed by atoms with Gasteiger partial charge in [0.15, 0.2) is 0 Å². The number of thioether (sulfide) groups is 1. The molecule has 0 fully saturated rings. The van der Waals surface area contributed by atoms with Gasteiger partial charge in [0.05, 0.1) is 10.1 Å². The fourth-order valence-electron chi connectivity index (χ4n) is 1.64. The molecule has 2 aromatic carbocycles. The van der Waals surface area contributed by atoms with Crippen LogP contribution in [-0.2, 0) is 14.8 Å². The highest BCUT2D eigenvalue weighted by molar-refractivity contribution is 8.00. The van der Waals surface area contributed by atoms with E-state index < -0.39 is 27.0 Å². The summed E-state index contributed by atoms with van der Waals surface area (Å²) < 4.78 is 38.9. The van der Waals surface area contributed by atoms with E-state index in [9.17, 15) is 17.6 Å². The predicted octanol–water partition coefficient (Wildman–Crippen LogP) is 2.81. The number of rotatable bonds is 5. The molecule has 22 heavy (non-hydrogen) atoms. The van der Waals surface area contributed by atoms with Gasteiger partial charge in [-0.15, -0.1) is 11.8 Å². The van der Waals surface area contributed by atoms with Crippen LogP contribution < -0.4 is 4.72 Å². The minimum Gasteiger partial charge on any atom is -0.273 e. The number of benzene rings is 2. The lowest BCUT2D eigenvalue weighted by molar-refractivity contribution is -0.118. The first-order valence-corrected chi connectivity index (χ1v) is 8.79. The van der Waals surface area contributed by atoms with Gasteiger partial charge in [0.1, 0.15) is 5.82 Å². The summed E-state index contributed by atoms with van der Waals surface area (Å²) in [5.41, 5.74) is 0. The molecule has 0 aromatic heterocycles. The molecule has 0 bridgehead atoms. The van der Waals surface area contributed by atoms with Crippen LogP contribution in [0.2, 0.25) is 0 Å². The normalized spacial score (nSPS) is 12.6. The van der Waals surface area contributed by atoms with Crippen molar-refractivity contribution in [2.45, 2.75) is 22.0 Å². The summed E-state index contributed by atoms with van der Waals surface area (Å²) in [6, 6.07) is 13.5. The second-order valence-electron chi connectivity index (χ2n) is 4.50. The van der Waals surface area contributed by atoms with E-state index in [-0.39, 0.29) is 4.90 Å². The lowest BCUT2D eigenvalue weighted by Crippen LogP contribution is -2.36. The quantitative estimate of drug-likeness (QED) is 0.851. The molecule has 0 spiro atoms. The van der Waals surface area contributed by atoms with Crippen molar-refractivity contribution in [3.05, 3.63) is 60.4 Å². The molecular formula is C15H14FNO3S2. The first-order chi connectivity index (χ1) is 10.4. The number of sulfonamides is 1. The van der Waals surface area contributed by atoms with Crippen molar-refractivity contribution >= 4 is 27.7 Å². The molecule has 0 saturated carbocycles. The average Bonchev–Trinajstić information content (AvgIpc) is 2.48. The van der Waals surface area contributed by atoms with E-state index >= 15 is 0 Å². The summed E-state index contributed by atoms with van der Waals surface area (Å²) in [6.07, 6.45) is 0. The largest absolute Gasteiger partial charge is 0.273 e. The fourth-order valence-corrected chi connectivity index (χ4v) is 3.66. The average molecular weight is 339 g/mol. The molecule has 7 heteroatoms. The van der Waals surface area contributed by atoms with Gasteiger partial charge in [0, 0.05) is 4.90 Å². The third-order valence-electron chi connectivity index (χ3n) is 2.78. The van der Waals surface area contributed by atoms with Crippen LogP contribution in [0, 0.1) is 5.82 Å². The number of nitrogens with one attached hydrogen (secondary N) is 1. The maximum Gasteiger partial charge on any atom is 0.264 e. The summed E-state index contributed by atoms with van der Waals surface area (Å²) in [6.45, 7) is 1.62. The Hall–Kier alpha value is -1.86. The van der Waals surface area contributed by atoms with E-state index in [1.807, 2.05) is 35.1 Å². The van der Waals surface area contributed by atoms with Gasteiger partial charge in [-0.3, -0.25) is 4.79 Å². The second kappa shape index (κ2) is 6.93. The third kappa shape index (κ3) is 4.32. The van der Waals surface area contributed by atoms with Crippen LogP contribution in [0.4, 0.5) is 4.39 Å². The molecule has 1 unspecified atom stereocenters. The van der Waals surface area contributed by atoms with Crippen LogP contribution in [0.15, 0.2) is 64.4 Å². The monoisotopic (exact) mass is 339 g/mol. The van der Waals surface area contributed by atoms with Crippen LogP contribution in [0.25, 0.3) is 0 Å². The van der Waals surface area contributed by atoms with Gasteiger partial charge < -0.3 is 0 Å². The summed E-state index contributed by atoms with van der Waals surface area (Å²) in [7, 11) is -3.99. The number of carbonyl (C=O) groups is 1. The molecule has 116 valence electrons. The molecular weight excluding hydrogens is 325 g/mol. The molecule has 0 radical (unpaired) electrons. The Labute approximate surface area is 132 Å². The van der Waals surface area contributed by atoms with Crippen LogP contribution in [0.5, 0.6) is 0 Å². The van der Waals surface area contributed by atoms with Gasteiger partial charge in [-0.05, 0) is 43.3 Å². The van der Waals surface area contributed by atoms with Crippen molar-refractivity contribution in [3.63, 3.8) is 0 Å². The highest BCUT2D eigenvalue weighted by atomic mass is 32.2. The van der Waals surface area contributed by atoms with Gasteiger partial charge in [0.25, 0.3) is 10.0 Å². The Morgan fingerprint density at radius 1 is 1.09 bits per heavy atom. The maximum atomic E-state index is 12.8. The molecule has 0 heterocycles. The maximum absolute atomic E-state index is 12.8. The van der Waals surface area contributed by atoms with E-state index in [0.717, 1.165) is 29.2 Å². The van der Waals surface area contributed by atoms with Gasteiger partial charge in [-0.1, -0.05) is 18.2 Å². The Kier molecular flexibility index (Phi) is 5.20. The Morgan fingerprint density at radius 3 is 2.27 bits per heavy atom. The van der Waals surface area contributed by atoms with Gasteiger partial charge >= 0.3 is 0 Å². The SMILES string of the molecule is CC(Sc1ccccc1)C(=O)NS(=O)(=O)c1ccc(F)cc1. The number of amides is 1. The Morgan fingerprint density at radius 2 is 1.68 bits per heavy atom. The summed E-state index contributed by atoms with van der Waals surface area (Å²) in [5, 5.41) is -0.586. The fraction of sp³-hybridized carbons (Fsp3) is 0.133. The lowest BCUT2D eigenvalue weighted by Gasteiger charge is -2.12. The van der Waals surface area contributed by atoms with E-state index in [1.165, 1.54) is 11.8 Å². The number of carbonyl (C=O) groups excluding carboxylic acids is 1. The first-order valence-electron chi connectivity index (χ1n) is 6.42. The van der Waals surface area contributed by atoms with Gasteiger partial charge in [-0.2, -0.15) is 0 Å². The molecule has 0 aliphatic carbocycles. The number of hydrogen-bond acceptors (Lipinski definition) is 4. The number of halogens is 1. The topological polar surface area (TPSA) is 63.2 Å². The van der Waals surface area contributed by atoms with Crippen LogP contribution in [0.1, 0.15) is 6.92 Å². The highest BCUT2D eigenvalue weighted by Gasteiger charge is 2.22. The van der Waals surface area contributed by atoms with Crippen LogP contribution in [0.3, 0.4) is 0 Å². The standard InChI is InChI=1S/C15H14FNO3S2/c1-11(21-13-5-3-2-4-6-13)15(18)17-22(19,20)14-9-7-12(16)8-10-14/h2-11H,1H3,(H,17,18). The van der Waals surface area contributed by atoms with E-state index in [4.69, 9.17) is 0 Å². The van der Waals surface area contributed by atoms with Crippen molar-refractivity contribution < 1.29 is 17.6 Å². The Balaban J connectivity index is 2.05. The molecule has 1 atom stereocenters. The van der Waals surface area contributed by atoms with Crippen LogP contribution in [-0.4, -0.2) is 19.6 Å². The lowest BCUT2D eigenvalue weighted by atomic mass is 10.4. The summed E-state index contributed by atoms with van der Waals surface area (Å²) in [5.74, 6) is -1.17. The Bertz CT molecular complexity index is 746. The van der Waals surface area contributed by atoms with Crippen molar-refractivity contribution in [2.75, 3.05) is 0 Å². The molecule has 1 amide bonds. The smallest absolute Gasteiger partial charge is 0.264 e. The zero-order chi connectivity index (χ0) is 16.2. The van der Waals surface area contributed by atoms with Gasteiger partial charge in [0.2, 0.25) is 5.91 Å². The zero-order valence-corrected chi connectivity index (χ0v) is 13.3. The highest BCUT2D eigenvalue weighted by Crippen LogP contribution is 2.23. The van der Waals surface area contributed by atoms with Crippen molar-refractivity contribution in [2.24, 2.45) is 0 Å². The molecule has 2 aromatic rings. The molecule has 2 rings (SSSR count). The number of hydrogen-bond donors (Lipinski definition) is 1. The van der Waals surface area contributed by atoms with E-state index in [0.29, 0.717) is 0 Å². The second-order valence-corrected chi connectivity index (χ2v) is 7.59. The minimum atomic E-state index is -3.99. The molecule has 1 N–H and O–H groups in total. The first kappa shape index (κ1) is 16.5. The molecule has 4 nitrogen and oxygen atoms in total. The summed E-state index contributed by atoms with van der Waals surface area (Å²) >= 11 is 1.25. The minimum absolute atomic E-state index is 0.154. The zero-order valence-electron chi connectivity index (χ0n) is 11.7. The summed E-state index contributed by atoms with van der Waals surface area (Å²) in [4.78, 5) is 12.7. The molecule has 0 aliphatic heterocycles. The van der Waals surface area contributed by atoms with E-state index in [2.05, 4.69) is 0 Å². The van der Waals surface area contributed by atoms with Gasteiger partial charge in [-0.25, -0.2) is 17.5 Å². The van der Waals surface area contributed by atoms with Crippen molar-refractivity contribution in [3.8, 4) is 0 Å². The molecule has 0 aliphatic rings. The van der Waals surface area contributed by atoms with Crippen molar-refractivity contribution in [1.29, 1.82) is 0 Å². The van der Waals surface area contributed by atoms with Crippen LogP contribution >= 0.6 is 11.8 Å².